The van der Waals surface area contributed by atoms with Crippen molar-refractivity contribution in [1.82, 2.24) is 14.3 Å². The van der Waals surface area contributed by atoms with Gasteiger partial charge < -0.3 is 16.2 Å². The Morgan fingerprint density at radius 1 is 1.18 bits per heavy atom. The minimum atomic E-state index is -4.18. The Hall–Kier alpha value is -3.28. The van der Waals surface area contributed by atoms with Crippen molar-refractivity contribution in [2.45, 2.75) is 37.8 Å². The Balaban J connectivity index is 2.09. The van der Waals surface area contributed by atoms with Crippen molar-refractivity contribution in [3.63, 3.8) is 0 Å². The average molecular weight is 505 g/mol. The summed E-state index contributed by atoms with van der Waals surface area (Å²) in [6.45, 7) is 4.52. The number of nitrogens with zero attached hydrogens (tertiary/aromatic N) is 4. The maximum absolute atomic E-state index is 13.7. The van der Waals surface area contributed by atoms with Crippen molar-refractivity contribution in [2.75, 3.05) is 6.54 Å². The highest BCUT2D eigenvalue weighted by atomic mass is 35.5. The maximum atomic E-state index is 13.7. The zero-order chi connectivity index (χ0) is 25.1. The van der Waals surface area contributed by atoms with E-state index in [0.717, 1.165) is 4.31 Å². The fourth-order valence-electron chi connectivity index (χ4n) is 3.13. The second-order valence-electron chi connectivity index (χ2n) is 8.39. The molecule has 0 fully saturated rings. The second kappa shape index (κ2) is 9.92. The monoisotopic (exact) mass is 504 g/mol. The molecule has 34 heavy (non-hydrogen) atoms. The first kappa shape index (κ1) is 25.3. The Bertz CT molecular complexity index is 1340. The molecule has 0 bridgehead atoms. The van der Waals surface area contributed by atoms with Crippen LogP contribution in [0.2, 0.25) is 5.02 Å². The summed E-state index contributed by atoms with van der Waals surface area (Å²) < 4.78 is 33.7. The third-order valence-corrected chi connectivity index (χ3v) is 6.56. The minimum absolute atomic E-state index is 0.0939. The van der Waals surface area contributed by atoms with Gasteiger partial charge in [-0.25, -0.2) is 13.4 Å². The van der Waals surface area contributed by atoms with Crippen LogP contribution in [-0.4, -0.2) is 46.8 Å². The van der Waals surface area contributed by atoms with Crippen LogP contribution < -0.4 is 11.5 Å². The lowest BCUT2D eigenvalue weighted by molar-refractivity contribution is -0.155. The number of aliphatic imine (C=N–C) groups is 1. The van der Waals surface area contributed by atoms with E-state index in [1.54, 1.807) is 39.1 Å². The van der Waals surface area contributed by atoms with Gasteiger partial charge in [0.05, 0.1) is 9.92 Å². The molecule has 0 saturated carbocycles. The van der Waals surface area contributed by atoms with Crippen LogP contribution in [0.25, 0.3) is 10.8 Å². The Kier molecular flexibility index (Phi) is 7.39. The predicted octanol–water partition coefficient (Wildman–Crippen LogP) is 2.72. The number of hydrogen-bond donors (Lipinski definition) is 2. The van der Waals surface area contributed by atoms with E-state index in [0.29, 0.717) is 21.4 Å². The van der Waals surface area contributed by atoms with Crippen molar-refractivity contribution in [1.29, 1.82) is 0 Å². The van der Waals surface area contributed by atoms with Gasteiger partial charge in [0.25, 0.3) is 0 Å². The Morgan fingerprint density at radius 2 is 1.91 bits per heavy atom. The lowest BCUT2D eigenvalue weighted by Crippen LogP contribution is -2.38. The summed E-state index contributed by atoms with van der Waals surface area (Å²) in [5, 5.41) is 1.15. The van der Waals surface area contributed by atoms with Gasteiger partial charge in [-0.15, -0.1) is 0 Å². The number of sulfonamides is 1. The molecule has 10 nitrogen and oxygen atoms in total. The highest BCUT2D eigenvalue weighted by molar-refractivity contribution is 7.89. The summed E-state index contributed by atoms with van der Waals surface area (Å²) in [5.74, 6) is -0.818. The van der Waals surface area contributed by atoms with E-state index in [1.165, 1.54) is 30.6 Å². The number of pyridine rings is 2. The van der Waals surface area contributed by atoms with Crippen LogP contribution in [0.15, 0.2) is 58.8 Å². The van der Waals surface area contributed by atoms with E-state index in [-0.39, 0.29) is 23.2 Å². The van der Waals surface area contributed by atoms with Crippen LogP contribution in [-0.2, 0) is 26.1 Å². The van der Waals surface area contributed by atoms with Gasteiger partial charge in [0.2, 0.25) is 10.0 Å². The quantitative estimate of drug-likeness (QED) is 0.283. The van der Waals surface area contributed by atoms with Crippen LogP contribution in [0, 0.1) is 0 Å². The molecule has 0 atom stereocenters. The average Bonchev–Trinajstić information content (AvgIpc) is 2.74. The molecule has 1 aromatic carbocycles. The first-order valence-electron chi connectivity index (χ1n) is 10.2. The zero-order valence-corrected chi connectivity index (χ0v) is 20.5. The van der Waals surface area contributed by atoms with Gasteiger partial charge in [-0.1, -0.05) is 23.7 Å². The standard InChI is InChI=1S/C22H25ClN6O4S/c1-22(2,3)33-19(30)13-29(12-14-5-4-8-26-10-14)34(31,32)15-6-7-16-17(9-15)20(28-21(24)25)27-11-18(16)23/h4-11H,12-13H2,1-3H3,(H4,24,25,27,28). The number of fused-ring (bicyclic) bond motifs is 1. The topological polar surface area (TPSA) is 154 Å². The van der Waals surface area contributed by atoms with E-state index in [2.05, 4.69) is 15.0 Å². The van der Waals surface area contributed by atoms with E-state index >= 15 is 0 Å². The van der Waals surface area contributed by atoms with Crippen molar-refractivity contribution < 1.29 is 17.9 Å². The lowest BCUT2D eigenvalue weighted by atomic mass is 10.1. The second-order valence-corrected chi connectivity index (χ2v) is 10.7. The van der Waals surface area contributed by atoms with E-state index in [1.807, 2.05) is 0 Å². The molecule has 180 valence electrons. The summed E-state index contributed by atoms with van der Waals surface area (Å²) in [5.41, 5.74) is 10.8. The van der Waals surface area contributed by atoms with E-state index in [9.17, 15) is 13.2 Å². The maximum Gasteiger partial charge on any atom is 0.321 e. The van der Waals surface area contributed by atoms with Crippen LogP contribution in [0.1, 0.15) is 26.3 Å². The summed E-state index contributed by atoms with van der Waals surface area (Å²) >= 11 is 6.23. The Morgan fingerprint density at radius 3 is 2.53 bits per heavy atom. The number of aromatic nitrogens is 2. The number of nitrogens with two attached hydrogens (primary N) is 2. The summed E-state index contributed by atoms with van der Waals surface area (Å²) in [4.78, 5) is 24.5. The molecule has 4 N–H and O–H groups in total. The van der Waals surface area contributed by atoms with Gasteiger partial charge in [0.15, 0.2) is 11.8 Å². The molecule has 3 aromatic rings. The van der Waals surface area contributed by atoms with Crippen molar-refractivity contribution >= 4 is 50.1 Å². The SMILES string of the molecule is CC(C)(C)OC(=O)CN(Cc1cccnc1)S(=O)(=O)c1ccc2c(Cl)cnc(N=C(N)N)c2c1. The minimum Gasteiger partial charge on any atom is -0.459 e. The van der Waals surface area contributed by atoms with Crippen molar-refractivity contribution in [2.24, 2.45) is 16.5 Å². The molecular weight excluding hydrogens is 480 g/mol. The molecule has 0 saturated heterocycles. The fourth-order valence-corrected chi connectivity index (χ4v) is 4.75. The van der Waals surface area contributed by atoms with Crippen molar-refractivity contribution in [3.8, 4) is 0 Å². The molecule has 0 aliphatic rings. The zero-order valence-electron chi connectivity index (χ0n) is 18.9. The molecule has 2 aromatic heterocycles. The lowest BCUT2D eigenvalue weighted by Gasteiger charge is -2.25. The molecule has 0 radical (unpaired) electrons. The van der Waals surface area contributed by atoms with Gasteiger partial charge >= 0.3 is 5.97 Å². The third-order valence-electron chi connectivity index (χ3n) is 4.47. The van der Waals surface area contributed by atoms with Crippen LogP contribution in [0.4, 0.5) is 5.82 Å². The van der Waals surface area contributed by atoms with Gasteiger partial charge in [0.1, 0.15) is 12.1 Å². The molecule has 0 aliphatic heterocycles. The van der Waals surface area contributed by atoms with Crippen LogP contribution in [0.3, 0.4) is 0 Å². The number of benzene rings is 1. The summed E-state index contributed by atoms with van der Waals surface area (Å²) in [6.07, 6.45) is 4.47. The van der Waals surface area contributed by atoms with Gasteiger partial charge in [-0.2, -0.15) is 9.30 Å². The molecule has 0 spiro atoms. The van der Waals surface area contributed by atoms with Crippen molar-refractivity contribution in [3.05, 3.63) is 59.5 Å². The normalized spacial score (nSPS) is 12.0. The molecular formula is C22H25ClN6O4S. The first-order valence-corrected chi connectivity index (χ1v) is 12.0. The number of hydrogen-bond acceptors (Lipinski definition) is 7. The van der Waals surface area contributed by atoms with E-state index < -0.39 is 28.1 Å². The highest BCUT2D eigenvalue weighted by Gasteiger charge is 2.30. The molecule has 0 amide bonds. The van der Waals surface area contributed by atoms with Crippen LogP contribution in [0.5, 0.6) is 0 Å². The van der Waals surface area contributed by atoms with Crippen LogP contribution >= 0.6 is 11.6 Å². The smallest absolute Gasteiger partial charge is 0.321 e. The third kappa shape index (κ3) is 6.19. The number of carbonyl (C=O) groups is 1. The number of guanidine groups is 1. The number of halogens is 1. The molecule has 0 unspecified atom stereocenters. The molecule has 12 heteroatoms. The summed E-state index contributed by atoms with van der Waals surface area (Å²) in [7, 11) is -4.18. The number of esters is 1. The highest BCUT2D eigenvalue weighted by Crippen LogP contribution is 2.32. The van der Waals surface area contributed by atoms with Gasteiger partial charge in [0, 0.05) is 35.9 Å². The summed E-state index contributed by atoms with van der Waals surface area (Å²) in [6, 6.07) is 7.70. The predicted molar refractivity (Wildman–Crippen MR) is 130 cm³/mol. The molecule has 2 heterocycles. The fraction of sp³-hybridized carbons (Fsp3) is 0.273. The van der Waals surface area contributed by atoms with Gasteiger partial charge in [-0.05, 0) is 44.5 Å². The number of carbonyl (C=O) groups excluding carboxylic acids is 1. The largest absolute Gasteiger partial charge is 0.459 e. The molecule has 3 rings (SSSR count). The number of rotatable bonds is 7. The first-order chi connectivity index (χ1) is 15.9. The van der Waals surface area contributed by atoms with Gasteiger partial charge in [-0.3, -0.25) is 9.78 Å². The Labute approximate surface area is 202 Å². The number of ether oxygens (including phenoxy) is 1. The van der Waals surface area contributed by atoms with E-state index in [4.69, 9.17) is 27.8 Å². The molecule has 0 aliphatic carbocycles.